The van der Waals surface area contributed by atoms with Gasteiger partial charge >= 0.3 is 0 Å². The molecule has 2 heterocycles. The number of thiazole rings is 1. The molecule has 0 fully saturated rings. The summed E-state index contributed by atoms with van der Waals surface area (Å²) in [5.41, 5.74) is 4.71. The number of halogens is 1. The van der Waals surface area contributed by atoms with Crippen LogP contribution in [0.25, 0.3) is 22.3 Å². The maximum Gasteiger partial charge on any atom is 0.269 e. The fourth-order valence-electron chi connectivity index (χ4n) is 4.07. The minimum Gasteiger partial charge on any atom is -0.334 e. The average Bonchev–Trinajstić information content (AvgIpc) is 3.52. The van der Waals surface area contributed by atoms with Gasteiger partial charge in [0.05, 0.1) is 10.6 Å². The average molecular weight is 543 g/mol. The van der Waals surface area contributed by atoms with Crippen molar-refractivity contribution in [3.8, 4) is 11.3 Å². The zero-order valence-corrected chi connectivity index (χ0v) is 21.8. The molecule has 9 heteroatoms. The van der Waals surface area contributed by atoms with Gasteiger partial charge in [0.15, 0.2) is 4.96 Å². The molecule has 5 aromatic rings. The number of carbonyl (C=O) groups is 1. The van der Waals surface area contributed by atoms with Gasteiger partial charge < -0.3 is 4.90 Å². The van der Waals surface area contributed by atoms with Gasteiger partial charge in [0.1, 0.15) is 0 Å². The maximum absolute atomic E-state index is 13.2. The molecule has 0 radical (unpaired) electrons. The molecule has 0 aliphatic rings. The Bertz CT molecular complexity index is 1590. The monoisotopic (exact) mass is 542 g/mol. The number of carbonyl (C=O) groups excluding carboxylic acids is 1. The molecule has 1 amide bonds. The Morgan fingerprint density at radius 1 is 1.05 bits per heavy atom. The summed E-state index contributed by atoms with van der Waals surface area (Å²) < 4.78 is 2.08. The predicted octanol–water partition coefficient (Wildman–Crippen LogP) is 6.91. The van der Waals surface area contributed by atoms with Crippen molar-refractivity contribution >= 4 is 45.6 Å². The van der Waals surface area contributed by atoms with Crippen molar-refractivity contribution in [3.63, 3.8) is 0 Å². The number of non-ortho nitro benzene ring substituents is 1. The van der Waals surface area contributed by atoms with Crippen molar-refractivity contribution in [2.24, 2.45) is 0 Å². The quantitative estimate of drug-likeness (QED) is 0.115. The van der Waals surface area contributed by atoms with Gasteiger partial charge in [0.2, 0.25) is 5.91 Å². The van der Waals surface area contributed by atoms with Gasteiger partial charge in [0.25, 0.3) is 5.69 Å². The lowest BCUT2D eigenvalue weighted by Crippen LogP contribution is -2.31. The first-order chi connectivity index (χ1) is 18.5. The Labute approximate surface area is 228 Å². The number of nitrogens with zero attached hydrogens (tertiary/aromatic N) is 4. The molecule has 0 atom stereocenters. The Kier molecular flexibility index (Phi) is 7.62. The number of hydrogen-bond acceptors (Lipinski definition) is 5. The van der Waals surface area contributed by atoms with E-state index in [0.29, 0.717) is 24.5 Å². The highest BCUT2D eigenvalue weighted by molar-refractivity contribution is 7.15. The van der Waals surface area contributed by atoms with Gasteiger partial charge in [-0.25, -0.2) is 4.98 Å². The fourth-order valence-corrected chi connectivity index (χ4v) is 5.10. The molecule has 5 rings (SSSR count). The van der Waals surface area contributed by atoms with E-state index in [1.165, 1.54) is 18.2 Å². The van der Waals surface area contributed by atoms with E-state index in [9.17, 15) is 14.9 Å². The molecule has 0 unspecified atom stereocenters. The number of imidazole rings is 1. The second kappa shape index (κ2) is 11.4. The van der Waals surface area contributed by atoms with E-state index in [1.54, 1.807) is 34.4 Å². The number of aromatic nitrogens is 2. The molecular formula is C29H23ClN4O3S. The first-order valence-corrected chi connectivity index (χ1v) is 13.2. The number of fused-ring (bicyclic) bond motifs is 1. The first-order valence-electron chi connectivity index (χ1n) is 11.9. The van der Waals surface area contributed by atoms with Gasteiger partial charge in [-0.15, -0.1) is 11.3 Å². The highest BCUT2D eigenvalue weighted by Gasteiger charge is 2.15. The molecule has 3 aromatic carbocycles. The van der Waals surface area contributed by atoms with E-state index in [2.05, 4.69) is 9.78 Å². The van der Waals surface area contributed by atoms with E-state index in [-0.39, 0.29) is 11.6 Å². The predicted molar refractivity (Wildman–Crippen MR) is 151 cm³/mol. The summed E-state index contributed by atoms with van der Waals surface area (Å²) in [6, 6.07) is 23.6. The SMILES string of the molecule is O=C(/C=C/c1ccc([N+](=O)[O-])cc1)N(CCc1csc2nc(-c3ccc(Cl)cc3)cn12)Cc1ccccc1. The van der Waals surface area contributed by atoms with Crippen molar-refractivity contribution in [2.75, 3.05) is 6.54 Å². The molecule has 0 saturated heterocycles. The van der Waals surface area contributed by atoms with Gasteiger partial charge in [-0.1, -0.05) is 54.1 Å². The smallest absolute Gasteiger partial charge is 0.269 e. The van der Waals surface area contributed by atoms with Crippen molar-refractivity contribution in [1.82, 2.24) is 14.3 Å². The molecule has 0 bridgehead atoms. The lowest BCUT2D eigenvalue weighted by Gasteiger charge is -2.21. The standard InChI is InChI=1S/C29H23ClN4O3S/c30-24-11-9-23(10-12-24)27-19-33-26(20-38-29(33)31-27)16-17-32(18-22-4-2-1-3-5-22)28(35)15-8-21-6-13-25(14-7-21)34(36)37/h1-15,19-20H,16-18H2/b15-8+. The van der Waals surface area contributed by atoms with E-state index in [0.717, 1.165) is 33.0 Å². The normalized spacial score (nSPS) is 11.3. The van der Waals surface area contributed by atoms with Crippen LogP contribution in [0.3, 0.4) is 0 Å². The van der Waals surface area contributed by atoms with Crippen molar-refractivity contribution in [2.45, 2.75) is 13.0 Å². The van der Waals surface area contributed by atoms with Crippen LogP contribution in [0.15, 0.2) is 96.5 Å². The molecule has 190 valence electrons. The third-order valence-electron chi connectivity index (χ3n) is 6.11. The second-order valence-electron chi connectivity index (χ2n) is 8.69. The van der Waals surface area contributed by atoms with Crippen LogP contribution in [0.5, 0.6) is 0 Å². The van der Waals surface area contributed by atoms with Gasteiger partial charge in [0, 0.05) is 65.6 Å². The molecule has 38 heavy (non-hydrogen) atoms. The number of rotatable bonds is 9. The number of amides is 1. The summed E-state index contributed by atoms with van der Waals surface area (Å²) in [5.74, 6) is -0.133. The van der Waals surface area contributed by atoms with E-state index >= 15 is 0 Å². The fraction of sp³-hybridized carbons (Fsp3) is 0.103. The highest BCUT2D eigenvalue weighted by atomic mass is 35.5. The largest absolute Gasteiger partial charge is 0.334 e. The summed E-state index contributed by atoms with van der Waals surface area (Å²) in [5, 5.41) is 13.7. The third-order valence-corrected chi connectivity index (χ3v) is 7.25. The van der Waals surface area contributed by atoms with Crippen LogP contribution in [-0.4, -0.2) is 31.7 Å². The van der Waals surface area contributed by atoms with E-state index in [4.69, 9.17) is 16.6 Å². The minimum atomic E-state index is -0.444. The number of hydrogen-bond donors (Lipinski definition) is 0. The number of nitro benzene ring substituents is 1. The number of benzene rings is 3. The van der Waals surface area contributed by atoms with Crippen LogP contribution in [0.1, 0.15) is 16.8 Å². The Balaban J connectivity index is 1.33. The van der Waals surface area contributed by atoms with Crippen molar-refractivity contribution in [1.29, 1.82) is 0 Å². The molecular weight excluding hydrogens is 520 g/mol. The first kappa shape index (κ1) is 25.4. The van der Waals surface area contributed by atoms with Crippen molar-refractivity contribution < 1.29 is 9.72 Å². The molecule has 0 saturated carbocycles. The Morgan fingerprint density at radius 3 is 2.50 bits per heavy atom. The second-order valence-corrected chi connectivity index (χ2v) is 9.96. The zero-order chi connectivity index (χ0) is 26.5. The number of nitro groups is 1. The third kappa shape index (κ3) is 5.99. The van der Waals surface area contributed by atoms with Crippen LogP contribution in [0.2, 0.25) is 5.02 Å². The Morgan fingerprint density at radius 2 is 1.79 bits per heavy atom. The summed E-state index contributed by atoms with van der Waals surface area (Å²) in [6.07, 6.45) is 5.87. The van der Waals surface area contributed by atoms with Crippen LogP contribution in [0.4, 0.5) is 5.69 Å². The van der Waals surface area contributed by atoms with Crippen molar-refractivity contribution in [3.05, 3.63) is 128 Å². The maximum atomic E-state index is 13.2. The van der Waals surface area contributed by atoms with Crippen LogP contribution >= 0.6 is 22.9 Å². The molecule has 0 N–H and O–H groups in total. The zero-order valence-electron chi connectivity index (χ0n) is 20.2. The van der Waals surface area contributed by atoms with Crippen LogP contribution < -0.4 is 0 Å². The Hall–Kier alpha value is -4.27. The molecule has 2 aromatic heterocycles. The molecule has 0 aliphatic heterocycles. The molecule has 7 nitrogen and oxygen atoms in total. The van der Waals surface area contributed by atoms with Gasteiger partial charge in [-0.3, -0.25) is 19.3 Å². The molecule has 0 aliphatic carbocycles. The van der Waals surface area contributed by atoms with E-state index < -0.39 is 4.92 Å². The summed E-state index contributed by atoms with van der Waals surface area (Å²) in [6.45, 7) is 0.982. The van der Waals surface area contributed by atoms with E-state index in [1.807, 2.05) is 60.8 Å². The molecule has 0 spiro atoms. The van der Waals surface area contributed by atoms with Gasteiger partial charge in [-0.2, -0.15) is 0 Å². The highest BCUT2D eigenvalue weighted by Crippen LogP contribution is 2.25. The summed E-state index contributed by atoms with van der Waals surface area (Å²) in [7, 11) is 0. The van der Waals surface area contributed by atoms with Gasteiger partial charge in [-0.05, 0) is 41.5 Å². The minimum absolute atomic E-state index is 0.0139. The summed E-state index contributed by atoms with van der Waals surface area (Å²) >= 11 is 7.59. The lowest BCUT2D eigenvalue weighted by molar-refractivity contribution is -0.384. The van der Waals surface area contributed by atoms with Crippen LogP contribution in [-0.2, 0) is 17.8 Å². The lowest BCUT2D eigenvalue weighted by atomic mass is 10.1. The topological polar surface area (TPSA) is 80.8 Å². The summed E-state index contributed by atoms with van der Waals surface area (Å²) in [4.78, 5) is 31.1. The van der Waals surface area contributed by atoms with Crippen LogP contribution in [0, 0.1) is 10.1 Å².